The Morgan fingerprint density at radius 3 is 2.44 bits per heavy atom. The van der Waals surface area contributed by atoms with Gasteiger partial charge in [0.15, 0.2) is 0 Å². The largest absolute Gasteiger partial charge is 0.390 e. The van der Waals surface area contributed by atoms with Gasteiger partial charge >= 0.3 is 0 Å². The summed E-state index contributed by atoms with van der Waals surface area (Å²) in [5, 5.41) is 9.81. The van der Waals surface area contributed by atoms with Gasteiger partial charge in [0.2, 0.25) is 0 Å². The number of sulfone groups is 1. The summed E-state index contributed by atoms with van der Waals surface area (Å²) in [5.41, 5.74) is -0.272. The van der Waals surface area contributed by atoms with Crippen molar-refractivity contribution in [3.8, 4) is 0 Å². The third-order valence-corrected chi connectivity index (χ3v) is 5.14. The summed E-state index contributed by atoms with van der Waals surface area (Å²) < 4.78 is 28.7. The second-order valence-corrected chi connectivity index (χ2v) is 8.69. The molecule has 1 fully saturated rings. The molecule has 0 aromatic rings. The van der Waals surface area contributed by atoms with Crippen molar-refractivity contribution in [2.24, 2.45) is 5.92 Å². The minimum Gasteiger partial charge on any atom is -0.390 e. The second kappa shape index (κ2) is 5.88. The molecule has 0 aliphatic heterocycles. The molecule has 0 saturated heterocycles. The molecule has 4 nitrogen and oxygen atoms in total. The van der Waals surface area contributed by atoms with E-state index in [1.54, 1.807) is 0 Å². The lowest BCUT2D eigenvalue weighted by molar-refractivity contribution is -0.0686. The van der Waals surface area contributed by atoms with E-state index in [0.717, 1.165) is 19.3 Å². The maximum absolute atomic E-state index is 11.6. The summed E-state index contributed by atoms with van der Waals surface area (Å²) in [7, 11) is -2.99. The fraction of sp³-hybridized carbons (Fsp3) is 1.00. The summed E-state index contributed by atoms with van der Waals surface area (Å²) in [6, 6.07) is 0. The van der Waals surface area contributed by atoms with Crippen molar-refractivity contribution < 1.29 is 18.3 Å². The summed E-state index contributed by atoms with van der Waals surface area (Å²) in [4.78, 5) is 0. The fourth-order valence-corrected chi connectivity index (χ4v) is 3.58. The van der Waals surface area contributed by atoms with Crippen molar-refractivity contribution in [1.29, 1.82) is 0 Å². The average Bonchev–Trinajstić information content (AvgIpc) is 2.24. The Balaban J connectivity index is 2.51. The van der Waals surface area contributed by atoms with E-state index in [0.29, 0.717) is 6.42 Å². The first-order valence-electron chi connectivity index (χ1n) is 6.60. The van der Waals surface area contributed by atoms with E-state index in [9.17, 15) is 13.5 Å². The molecule has 0 heterocycles. The first-order valence-corrected chi connectivity index (χ1v) is 8.56. The Hall–Kier alpha value is -0.130. The molecule has 0 aromatic heterocycles. The maximum Gasteiger partial charge on any atom is 0.150 e. The molecule has 108 valence electrons. The molecule has 0 spiro atoms. The van der Waals surface area contributed by atoms with Crippen LogP contribution in [0, 0.1) is 5.92 Å². The minimum atomic E-state index is -2.99. The van der Waals surface area contributed by atoms with Gasteiger partial charge in [-0.1, -0.05) is 6.42 Å². The molecule has 0 bridgehead atoms. The second-order valence-electron chi connectivity index (χ2n) is 6.37. The zero-order chi connectivity index (χ0) is 14.0. The normalized spacial score (nSPS) is 28.1. The van der Waals surface area contributed by atoms with Crippen molar-refractivity contribution in [2.45, 2.75) is 63.4 Å². The lowest BCUT2D eigenvalue weighted by atomic mass is 9.85. The van der Waals surface area contributed by atoms with E-state index in [1.807, 2.05) is 20.8 Å². The number of rotatable bonds is 4. The maximum atomic E-state index is 11.6. The molecule has 1 aliphatic rings. The molecule has 0 amide bonds. The first kappa shape index (κ1) is 15.9. The topological polar surface area (TPSA) is 63.6 Å². The average molecular weight is 278 g/mol. The molecule has 1 aliphatic carbocycles. The SMILES string of the molecule is CC(C)(C)OCC(O)C1CCCC(S(C)(=O)=O)C1. The summed E-state index contributed by atoms with van der Waals surface area (Å²) in [5.74, 6) is 0.0424. The zero-order valence-electron chi connectivity index (χ0n) is 11.8. The number of hydrogen-bond donors (Lipinski definition) is 1. The van der Waals surface area contributed by atoms with E-state index >= 15 is 0 Å². The predicted octanol–water partition coefficient (Wildman–Crippen LogP) is 1.77. The van der Waals surface area contributed by atoms with Crippen LogP contribution in [0.5, 0.6) is 0 Å². The monoisotopic (exact) mass is 278 g/mol. The van der Waals surface area contributed by atoms with Crippen LogP contribution < -0.4 is 0 Å². The number of ether oxygens (including phenoxy) is 1. The number of aliphatic hydroxyl groups excluding tert-OH is 1. The van der Waals surface area contributed by atoms with Crippen LogP contribution in [-0.4, -0.2) is 43.3 Å². The van der Waals surface area contributed by atoms with Crippen LogP contribution in [0.2, 0.25) is 0 Å². The first-order chi connectivity index (χ1) is 8.09. The van der Waals surface area contributed by atoms with Crippen molar-refractivity contribution in [3.63, 3.8) is 0 Å². The van der Waals surface area contributed by atoms with E-state index in [1.165, 1.54) is 6.26 Å². The summed E-state index contributed by atoms with van der Waals surface area (Å²) >= 11 is 0. The lowest BCUT2D eigenvalue weighted by Crippen LogP contribution is -2.37. The van der Waals surface area contributed by atoms with Gasteiger partial charge in [-0.3, -0.25) is 0 Å². The van der Waals surface area contributed by atoms with Crippen LogP contribution in [0.1, 0.15) is 46.5 Å². The van der Waals surface area contributed by atoms with Crippen LogP contribution in [0.4, 0.5) is 0 Å². The summed E-state index contributed by atoms with van der Waals surface area (Å²) in [6.45, 7) is 6.12. The van der Waals surface area contributed by atoms with Gasteiger partial charge in [0.05, 0.1) is 23.6 Å². The van der Waals surface area contributed by atoms with E-state index in [-0.39, 0.29) is 23.4 Å². The van der Waals surface area contributed by atoms with Crippen molar-refractivity contribution in [1.82, 2.24) is 0 Å². The van der Waals surface area contributed by atoms with E-state index < -0.39 is 15.9 Å². The van der Waals surface area contributed by atoms with Crippen molar-refractivity contribution in [3.05, 3.63) is 0 Å². The van der Waals surface area contributed by atoms with Crippen LogP contribution in [0.3, 0.4) is 0 Å². The van der Waals surface area contributed by atoms with Gasteiger partial charge in [-0.15, -0.1) is 0 Å². The van der Waals surface area contributed by atoms with Crippen molar-refractivity contribution >= 4 is 9.84 Å². The third kappa shape index (κ3) is 5.24. The molecule has 18 heavy (non-hydrogen) atoms. The minimum absolute atomic E-state index is 0.0424. The van der Waals surface area contributed by atoms with E-state index in [2.05, 4.69) is 0 Å². The van der Waals surface area contributed by atoms with Crippen molar-refractivity contribution in [2.75, 3.05) is 12.9 Å². The highest BCUT2D eigenvalue weighted by atomic mass is 32.2. The Kier molecular flexibility index (Phi) is 5.21. The van der Waals surface area contributed by atoms with Gasteiger partial charge in [-0.05, 0) is 46.0 Å². The highest BCUT2D eigenvalue weighted by Gasteiger charge is 2.32. The van der Waals surface area contributed by atoms with Gasteiger partial charge in [-0.2, -0.15) is 0 Å². The molecule has 0 radical (unpaired) electrons. The fourth-order valence-electron chi connectivity index (χ4n) is 2.39. The molecule has 1 saturated carbocycles. The molecule has 1 rings (SSSR count). The smallest absolute Gasteiger partial charge is 0.150 e. The third-order valence-electron chi connectivity index (χ3n) is 3.50. The van der Waals surface area contributed by atoms with Crippen LogP contribution in [0.25, 0.3) is 0 Å². The molecule has 0 aromatic carbocycles. The van der Waals surface area contributed by atoms with Gasteiger partial charge < -0.3 is 9.84 Å². The number of hydrogen-bond acceptors (Lipinski definition) is 4. The van der Waals surface area contributed by atoms with Crippen LogP contribution in [-0.2, 0) is 14.6 Å². The van der Waals surface area contributed by atoms with Crippen LogP contribution >= 0.6 is 0 Å². The zero-order valence-corrected chi connectivity index (χ0v) is 12.7. The quantitative estimate of drug-likeness (QED) is 0.851. The van der Waals surface area contributed by atoms with E-state index in [4.69, 9.17) is 4.74 Å². The Labute approximate surface area is 111 Å². The highest BCUT2D eigenvalue weighted by Crippen LogP contribution is 2.31. The highest BCUT2D eigenvalue weighted by molar-refractivity contribution is 7.91. The Morgan fingerprint density at radius 2 is 1.94 bits per heavy atom. The van der Waals surface area contributed by atoms with Gasteiger partial charge in [0.1, 0.15) is 9.84 Å². The predicted molar refractivity (Wildman–Crippen MR) is 72.3 cm³/mol. The Bertz CT molecular complexity index is 356. The molecule has 1 N–H and O–H groups in total. The summed E-state index contributed by atoms with van der Waals surface area (Å²) in [6.07, 6.45) is 3.78. The molecule has 3 unspecified atom stereocenters. The van der Waals surface area contributed by atoms with Crippen LogP contribution in [0.15, 0.2) is 0 Å². The standard InChI is InChI=1S/C13H26O4S/c1-13(2,3)17-9-12(14)10-6-5-7-11(8-10)18(4,15)16/h10-12,14H,5-9H2,1-4H3. The Morgan fingerprint density at radius 1 is 1.33 bits per heavy atom. The van der Waals surface area contributed by atoms with Gasteiger partial charge in [0, 0.05) is 6.26 Å². The number of aliphatic hydroxyl groups is 1. The van der Waals surface area contributed by atoms with Gasteiger partial charge in [0.25, 0.3) is 0 Å². The van der Waals surface area contributed by atoms with Gasteiger partial charge in [-0.25, -0.2) is 8.42 Å². The molecule has 3 atom stereocenters. The lowest BCUT2D eigenvalue weighted by Gasteiger charge is -2.32. The molecule has 5 heteroatoms. The molecular weight excluding hydrogens is 252 g/mol. The molecular formula is C13H26O4S.